The number of amides is 1. The Balaban J connectivity index is 1.32. The van der Waals surface area contributed by atoms with Gasteiger partial charge in [-0.05, 0) is 56.3 Å². The number of likely N-dealkylation sites (tertiary alicyclic amines) is 1. The van der Waals surface area contributed by atoms with Gasteiger partial charge in [-0.1, -0.05) is 40.5 Å². The Morgan fingerprint density at radius 3 is 2.55 bits per heavy atom. The Morgan fingerprint density at radius 2 is 1.85 bits per heavy atom. The zero-order valence-corrected chi connectivity index (χ0v) is 18.7. The first kappa shape index (κ1) is 23.5. The van der Waals surface area contributed by atoms with E-state index in [4.69, 9.17) is 27.7 Å². The summed E-state index contributed by atoms with van der Waals surface area (Å²) < 4.78 is 44.2. The van der Waals surface area contributed by atoms with Crippen molar-refractivity contribution in [1.82, 2.24) is 15.0 Å². The fourth-order valence-corrected chi connectivity index (χ4v) is 4.03. The van der Waals surface area contributed by atoms with Crippen LogP contribution in [0.4, 0.5) is 18.9 Å². The van der Waals surface area contributed by atoms with Gasteiger partial charge in [0.2, 0.25) is 17.6 Å². The molecule has 0 spiro atoms. The third-order valence-corrected chi connectivity index (χ3v) is 6.11. The highest BCUT2D eigenvalue weighted by Crippen LogP contribution is 2.34. The van der Waals surface area contributed by atoms with Gasteiger partial charge in [-0.3, -0.25) is 9.69 Å². The summed E-state index contributed by atoms with van der Waals surface area (Å²) in [6.07, 6.45) is -3.45. The minimum atomic E-state index is -4.52. The number of nitrogens with one attached hydrogen (secondary N) is 1. The molecule has 0 aliphatic carbocycles. The van der Waals surface area contributed by atoms with E-state index in [0.717, 1.165) is 18.2 Å². The predicted octanol–water partition coefficient (Wildman–Crippen LogP) is 5.91. The number of carbonyl (C=O) groups excluding carboxylic acids is 1. The van der Waals surface area contributed by atoms with Crippen LogP contribution in [0.2, 0.25) is 10.0 Å². The SMILES string of the molecule is O=C(Nc1cc(C(F)(F)F)ccc1Cl)C1CCN(Cc2nc(-c3ccccc3Cl)no2)CC1. The Bertz CT molecular complexity index is 1140. The lowest BCUT2D eigenvalue weighted by atomic mass is 9.95. The molecule has 6 nitrogen and oxygen atoms in total. The number of alkyl halides is 3. The van der Waals surface area contributed by atoms with Gasteiger partial charge < -0.3 is 9.84 Å². The zero-order valence-electron chi connectivity index (χ0n) is 17.2. The van der Waals surface area contributed by atoms with Crippen molar-refractivity contribution in [1.29, 1.82) is 0 Å². The second kappa shape index (κ2) is 9.70. The maximum Gasteiger partial charge on any atom is 0.416 e. The lowest BCUT2D eigenvalue weighted by molar-refractivity contribution is -0.137. The summed E-state index contributed by atoms with van der Waals surface area (Å²) >= 11 is 12.1. The number of aromatic nitrogens is 2. The Hall–Kier alpha value is -2.62. The van der Waals surface area contributed by atoms with Gasteiger partial charge in [0.1, 0.15) is 0 Å². The summed E-state index contributed by atoms with van der Waals surface area (Å²) in [6.45, 7) is 1.61. The molecule has 1 aliphatic heterocycles. The van der Waals surface area contributed by atoms with Gasteiger partial charge >= 0.3 is 6.18 Å². The molecular formula is C22H19Cl2F3N4O2. The first-order valence-electron chi connectivity index (χ1n) is 10.2. The average Bonchev–Trinajstić information content (AvgIpc) is 3.23. The van der Waals surface area contributed by atoms with Crippen molar-refractivity contribution in [2.24, 2.45) is 5.92 Å². The number of benzene rings is 2. The van der Waals surface area contributed by atoms with Crippen LogP contribution < -0.4 is 5.32 Å². The standard InChI is InChI=1S/C22H19Cl2F3N4O2/c23-16-4-2-1-3-15(16)20-29-19(33-30-20)12-31-9-7-13(8-10-31)21(32)28-18-11-14(22(25,26)27)5-6-17(18)24/h1-6,11,13H,7-10,12H2,(H,28,32). The monoisotopic (exact) mass is 498 g/mol. The molecule has 174 valence electrons. The number of anilines is 1. The molecule has 0 atom stereocenters. The maximum atomic E-state index is 12.9. The van der Waals surface area contributed by atoms with E-state index >= 15 is 0 Å². The molecule has 33 heavy (non-hydrogen) atoms. The zero-order chi connectivity index (χ0) is 23.6. The number of carbonyl (C=O) groups is 1. The molecule has 0 radical (unpaired) electrons. The highest BCUT2D eigenvalue weighted by atomic mass is 35.5. The van der Waals surface area contributed by atoms with E-state index in [1.165, 1.54) is 0 Å². The lowest BCUT2D eigenvalue weighted by Crippen LogP contribution is -2.37. The van der Waals surface area contributed by atoms with Crippen molar-refractivity contribution in [2.45, 2.75) is 25.6 Å². The van der Waals surface area contributed by atoms with E-state index in [1.807, 2.05) is 12.1 Å². The van der Waals surface area contributed by atoms with Crippen LogP contribution in [-0.4, -0.2) is 34.0 Å². The van der Waals surface area contributed by atoms with Crippen LogP contribution in [0.25, 0.3) is 11.4 Å². The van der Waals surface area contributed by atoms with Gasteiger partial charge in [0.05, 0.1) is 27.8 Å². The smallest absolute Gasteiger partial charge is 0.338 e. The minimum Gasteiger partial charge on any atom is -0.338 e. The molecule has 4 rings (SSSR count). The third-order valence-electron chi connectivity index (χ3n) is 5.45. The molecule has 1 aliphatic rings. The van der Waals surface area contributed by atoms with Crippen molar-refractivity contribution in [2.75, 3.05) is 18.4 Å². The third kappa shape index (κ3) is 5.66. The molecule has 0 saturated carbocycles. The van der Waals surface area contributed by atoms with Gasteiger partial charge in [0.25, 0.3) is 0 Å². The van der Waals surface area contributed by atoms with Gasteiger partial charge in [-0.15, -0.1) is 0 Å². The number of nitrogens with zero attached hydrogens (tertiary/aromatic N) is 3. The second-order valence-electron chi connectivity index (χ2n) is 7.72. The lowest BCUT2D eigenvalue weighted by Gasteiger charge is -2.30. The molecule has 2 aromatic carbocycles. The normalized spacial score (nSPS) is 15.5. The van der Waals surface area contributed by atoms with E-state index in [1.54, 1.807) is 12.1 Å². The fourth-order valence-electron chi connectivity index (χ4n) is 3.65. The van der Waals surface area contributed by atoms with Crippen LogP contribution in [0.15, 0.2) is 47.0 Å². The van der Waals surface area contributed by atoms with E-state index in [0.29, 0.717) is 54.8 Å². The minimum absolute atomic E-state index is 0.0446. The number of hydrogen-bond acceptors (Lipinski definition) is 5. The average molecular weight is 499 g/mol. The van der Waals surface area contributed by atoms with E-state index in [-0.39, 0.29) is 22.5 Å². The van der Waals surface area contributed by atoms with E-state index < -0.39 is 11.7 Å². The van der Waals surface area contributed by atoms with Crippen LogP contribution in [0.1, 0.15) is 24.3 Å². The summed E-state index contributed by atoms with van der Waals surface area (Å²) in [5.41, 5.74) is -0.234. The van der Waals surface area contributed by atoms with Crippen LogP contribution in [0.3, 0.4) is 0 Å². The summed E-state index contributed by atoms with van der Waals surface area (Å²) in [5.74, 6) is 0.147. The Kier molecular flexibility index (Phi) is 6.92. The fraction of sp³-hybridized carbons (Fsp3) is 0.318. The van der Waals surface area contributed by atoms with Crippen LogP contribution in [0.5, 0.6) is 0 Å². The largest absolute Gasteiger partial charge is 0.416 e. The van der Waals surface area contributed by atoms with Crippen LogP contribution >= 0.6 is 23.2 Å². The predicted molar refractivity (Wildman–Crippen MR) is 118 cm³/mol. The molecule has 1 N–H and O–H groups in total. The second-order valence-corrected chi connectivity index (χ2v) is 8.54. The van der Waals surface area contributed by atoms with Crippen molar-refractivity contribution < 1.29 is 22.5 Å². The quantitative estimate of drug-likeness (QED) is 0.473. The first-order chi connectivity index (χ1) is 15.7. The molecule has 1 saturated heterocycles. The van der Waals surface area contributed by atoms with Crippen molar-refractivity contribution in [3.8, 4) is 11.4 Å². The molecular weight excluding hydrogens is 480 g/mol. The van der Waals surface area contributed by atoms with Crippen LogP contribution in [-0.2, 0) is 17.5 Å². The molecule has 0 bridgehead atoms. The highest BCUT2D eigenvalue weighted by molar-refractivity contribution is 6.33. The summed E-state index contributed by atoms with van der Waals surface area (Å²) in [6, 6.07) is 10.1. The molecule has 0 unspecified atom stereocenters. The molecule has 1 aromatic heterocycles. The maximum absolute atomic E-state index is 12.9. The number of rotatable bonds is 5. The number of piperidine rings is 1. The van der Waals surface area contributed by atoms with E-state index in [2.05, 4.69) is 20.4 Å². The van der Waals surface area contributed by atoms with Crippen molar-refractivity contribution in [3.63, 3.8) is 0 Å². The van der Waals surface area contributed by atoms with Crippen molar-refractivity contribution >= 4 is 34.8 Å². The Labute approximate surface area is 197 Å². The van der Waals surface area contributed by atoms with Gasteiger partial charge in [0, 0.05) is 11.5 Å². The van der Waals surface area contributed by atoms with Gasteiger partial charge in [-0.2, -0.15) is 18.2 Å². The number of halogens is 5. The summed E-state index contributed by atoms with van der Waals surface area (Å²) in [4.78, 5) is 19.1. The van der Waals surface area contributed by atoms with Crippen LogP contribution in [0, 0.1) is 5.92 Å². The van der Waals surface area contributed by atoms with Gasteiger partial charge in [0.15, 0.2) is 0 Å². The molecule has 2 heterocycles. The van der Waals surface area contributed by atoms with Gasteiger partial charge in [-0.25, -0.2) is 0 Å². The highest BCUT2D eigenvalue weighted by Gasteiger charge is 2.32. The molecule has 11 heteroatoms. The first-order valence-corrected chi connectivity index (χ1v) is 10.9. The molecule has 3 aromatic rings. The van der Waals surface area contributed by atoms with Crippen molar-refractivity contribution in [3.05, 3.63) is 64.0 Å². The summed E-state index contributed by atoms with van der Waals surface area (Å²) in [5, 5.41) is 7.10. The topological polar surface area (TPSA) is 71.3 Å². The summed E-state index contributed by atoms with van der Waals surface area (Å²) in [7, 11) is 0. The Morgan fingerprint density at radius 1 is 1.12 bits per heavy atom. The molecule has 1 fully saturated rings. The number of hydrogen-bond donors (Lipinski definition) is 1. The van der Waals surface area contributed by atoms with E-state index in [9.17, 15) is 18.0 Å². The molecule has 1 amide bonds.